The van der Waals surface area contributed by atoms with Gasteiger partial charge in [-0.25, -0.2) is 13.4 Å². The summed E-state index contributed by atoms with van der Waals surface area (Å²) in [7, 11) is -2.25. The number of nitrogens with zero attached hydrogens (tertiary/aromatic N) is 1. The number of anilines is 2. The van der Waals surface area contributed by atoms with Crippen molar-refractivity contribution >= 4 is 32.4 Å². The number of methoxy groups -OCH3 is 1. The largest absolute Gasteiger partial charge is 0.497 e. The van der Waals surface area contributed by atoms with E-state index >= 15 is 0 Å². The van der Waals surface area contributed by atoms with Gasteiger partial charge in [0.1, 0.15) is 11.6 Å². The minimum atomic E-state index is -3.83. The maximum Gasteiger partial charge on any atom is 0.263 e. The Labute approximate surface area is 169 Å². The van der Waals surface area contributed by atoms with E-state index in [9.17, 15) is 8.42 Å². The van der Waals surface area contributed by atoms with Crippen molar-refractivity contribution in [3.05, 3.63) is 78.9 Å². The zero-order chi connectivity index (χ0) is 20.4. The first kappa shape index (κ1) is 18.8. The number of sulfonamides is 1. The fraction of sp³-hybridized carbons (Fsp3) is 0.0455. The second-order valence-corrected chi connectivity index (χ2v) is 8.10. The average molecular weight is 405 g/mol. The summed E-state index contributed by atoms with van der Waals surface area (Å²) in [5.41, 5.74) is 8.78. The average Bonchev–Trinajstić information content (AvgIpc) is 2.75. The number of nitrogens with one attached hydrogen (secondary N) is 1. The number of benzene rings is 3. The van der Waals surface area contributed by atoms with Crippen LogP contribution in [0.15, 0.2) is 83.8 Å². The predicted molar refractivity (Wildman–Crippen MR) is 115 cm³/mol. The van der Waals surface area contributed by atoms with Gasteiger partial charge in [-0.3, -0.25) is 4.72 Å². The third-order valence-corrected chi connectivity index (χ3v) is 5.95. The van der Waals surface area contributed by atoms with Gasteiger partial charge in [-0.05, 0) is 35.9 Å². The summed E-state index contributed by atoms with van der Waals surface area (Å²) >= 11 is 0. The molecule has 4 rings (SSSR count). The molecule has 0 bridgehead atoms. The highest BCUT2D eigenvalue weighted by Gasteiger charge is 2.21. The summed E-state index contributed by atoms with van der Waals surface area (Å²) in [6, 6.07) is 22.7. The van der Waals surface area contributed by atoms with Gasteiger partial charge in [-0.1, -0.05) is 48.5 Å². The number of nitrogen functional groups attached to an aromatic ring is 1. The van der Waals surface area contributed by atoms with E-state index in [4.69, 9.17) is 10.5 Å². The van der Waals surface area contributed by atoms with Crippen LogP contribution in [0, 0.1) is 0 Å². The minimum absolute atomic E-state index is 0.147. The van der Waals surface area contributed by atoms with Gasteiger partial charge in [0.2, 0.25) is 0 Å². The number of ether oxygens (including phenoxy) is 1. The number of fused-ring (bicyclic) bond motifs is 1. The van der Waals surface area contributed by atoms with E-state index in [-0.39, 0.29) is 10.7 Å². The van der Waals surface area contributed by atoms with Crippen LogP contribution in [0.25, 0.3) is 22.0 Å². The number of hydrogen-bond donors (Lipinski definition) is 2. The minimum Gasteiger partial charge on any atom is -0.497 e. The SMILES string of the molecule is COc1ccc(-c2c(NS(=O)(=O)c3ccccc3)nc3ccccc3c2N)cc1. The van der Waals surface area contributed by atoms with Crippen LogP contribution in [-0.4, -0.2) is 20.5 Å². The third-order valence-electron chi connectivity index (χ3n) is 4.60. The topological polar surface area (TPSA) is 94.3 Å². The van der Waals surface area contributed by atoms with E-state index in [1.165, 1.54) is 12.1 Å². The molecule has 0 saturated carbocycles. The fourth-order valence-corrected chi connectivity index (χ4v) is 4.18. The molecule has 0 spiro atoms. The Morgan fingerprint density at radius 2 is 1.55 bits per heavy atom. The van der Waals surface area contributed by atoms with Crippen LogP contribution in [0.5, 0.6) is 5.75 Å². The van der Waals surface area contributed by atoms with Crippen molar-refractivity contribution in [1.82, 2.24) is 4.98 Å². The summed E-state index contributed by atoms with van der Waals surface area (Å²) in [5.74, 6) is 0.864. The van der Waals surface area contributed by atoms with Gasteiger partial charge < -0.3 is 10.5 Å². The number of pyridine rings is 1. The van der Waals surface area contributed by atoms with Gasteiger partial charge in [0.05, 0.1) is 23.2 Å². The number of nitrogens with two attached hydrogens (primary N) is 1. The van der Waals surface area contributed by atoms with E-state index in [1.54, 1.807) is 43.5 Å². The molecule has 29 heavy (non-hydrogen) atoms. The molecule has 0 aliphatic heterocycles. The molecule has 0 aliphatic carbocycles. The van der Waals surface area contributed by atoms with Crippen molar-refractivity contribution in [1.29, 1.82) is 0 Å². The van der Waals surface area contributed by atoms with E-state index in [0.29, 0.717) is 22.5 Å². The van der Waals surface area contributed by atoms with Crippen molar-refractivity contribution in [2.45, 2.75) is 4.90 Å². The first-order valence-electron chi connectivity index (χ1n) is 8.90. The molecule has 0 saturated heterocycles. The van der Waals surface area contributed by atoms with E-state index in [1.807, 2.05) is 30.3 Å². The quantitative estimate of drug-likeness (QED) is 0.516. The van der Waals surface area contributed by atoms with E-state index in [2.05, 4.69) is 9.71 Å². The Morgan fingerprint density at radius 1 is 0.897 bits per heavy atom. The summed E-state index contributed by atoms with van der Waals surface area (Å²) in [6.45, 7) is 0. The first-order valence-corrected chi connectivity index (χ1v) is 10.4. The molecule has 1 aromatic heterocycles. The Kier molecular flexibility index (Phi) is 4.82. The van der Waals surface area contributed by atoms with Gasteiger partial charge in [-0.15, -0.1) is 0 Å². The lowest BCUT2D eigenvalue weighted by molar-refractivity contribution is 0.415. The van der Waals surface area contributed by atoms with E-state index in [0.717, 1.165) is 10.9 Å². The number of rotatable bonds is 5. The van der Waals surface area contributed by atoms with Crippen molar-refractivity contribution in [2.75, 3.05) is 17.6 Å². The Bertz CT molecular complexity index is 1270. The zero-order valence-corrected chi connectivity index (χ0v) is 16.5. The van der Waals surface area contributed by atoms with Gasteiger partial charge in [0.25, 0.3) is 10.0 Å². The molecule has 0 amide bonds. The van der Waals surface area contributed by atoms with Crippen LogP contribution >= 0.6 is 0 Å². The summed E-state index contributed by atoms with van der Waals surface area (Å²) < 4.78 is 33.7. The van der Waals surface area contributed by atoms with Crippen molar-refractivity contribution < 1.29 is 13.2 Å². The Balaban J connectivity index is 1.92. The van der Waals surface area contributed by atoms with E-state index < -0.39 is 10.0 Å². The smallest absolute Gasteiger partial charge is 0.263 e. The molecule has 3 aromatic carbocycles. The summed E-state index contributed by atoms with van der Waals surface area (Å²) in [4.78, 5) is 4.71. The second-order valence-electron chi connectivity index (χ2n) is 6.41. The molecule has 1 heterocycles. The highest BCUT2D eigenvalue weighted by atomic mass is 32.2. The molecule has 0 unspecified atom stereocenters. The molecule has 3 N–H and O–H groups in total. The van der Waals surface area contributed by atoms with Crippen LogP contribution in [0.2, 0.25) is 0 Å². The van der Waals surface area contributed by atoms with Gasteiger partial charge in [0.15, 0.2) is 0 Å². The van der Waals surface area contributed by atoms with Gasteiger partial charge >= 0.3 is 0 Å². The number of aromatic nitrogens is 1. The maximum atomic E-state index is 12.9. The lowest BCUT2D eigenvalue weighted by Crippen LogP contribution is -2.15. The molecule has 0 aliphatic rings. The first-order chi connectivity index (χ1) is 14.0. The maximum absolute atomic E-state index is 12.9. The lowest BCUT2D eigenvalue weighted by Gasteiger charge is -2.16. The molecule has 0 radical (unpaired) electrons. The lowest BCUT2D eigenvalue weighted by atomic mass is 10.0. The molecule has 4 aromatic rings. The predicted octanol–water partition coefficient (Wildman–Crippen LogP) is 4.29. The highest BCUT2D eigenvalue weighted by molar-refractivity contribution is 7.92. The van der Waals surface area contributed by atoms with Gasteiger partial charge in [0, 0.05) is 10.9 Å². The molecular formula is C22H19N3O3S. The molecule has 7 heteroatoms. The third kappa shape index (κ3) is 3.60. The molecule has 0 atom stereocenters. The van der Waals surface area contributed by atoms with Crippen LogP contribution in [0.3, 0.4) is 0 Å². The Morgan fingerprint density at radius 3 is 2.24 bits per heavy atom. The number of hydrogen-bond acceptors (Lipinski definition) is 5. The highest BCUT2D eigenvalue weighted by Crippen LogP contribution is 2.38. The van der Waals surface area contributed by atoms with Crippen LogP contribution in [0.1, 0.15) is 0 Å². The fourth-order valence-electron chi connectivity index (χ4n) is 3.15. The van der Waals surface area contributed by atoms with Gasteiger partial charge in [-0.2, -0.15) is 0 Å². The summed E-state index contributed by atoms with van der Waals surface area (Å²) in [5, 5.41) is 0.751. The van der Waals surface area contributed by atoms with Crippen molar-refractivity contribution in [2.24, 2.45) is 0 Å². The van der Waals surface area contributed by atoms with Crippen molar-refractivity contribution in [3.63, 3.8) is 0 Å². The monoisotopic (exact) mass is 405 g/mol. The second kappa shape index (κ2) is 7.44. The zero-order valence-electron chi connectivity index (χ0n) is 15.7. The van der Waals surface area contributed by atoms with Crippen LogP contribution in [0.4, 0.5) is 11.5 Å². The molecule has 146 valence electrons. The van der Waals surface area contributed by atoms with Crippen LogP contribution in [-0.2, 0) is 10.0 Å². The molecular weight excluding hydrogens is 386 g/mol. The molecule has 0 fully saturated rings. The van der Waals surface area contributed by atoms with Crippen LogP contribution < -0.4 is 15.2 Å². The number of para-hydroxylation sites is 1. The summed E-state index contributed by atoms with van der Waals surface area (Å²) in [6.07, 6.45) is 0. The molecule has 6 nitrogen and oxygen atoms in total. The Hall–Kier alpha value is -3.58. The standard InChI is InChI=1S/C22H19N3O3S/c1-28-16-13-11-15(12-14-16)20-21(23)18-9-5-6-10-19(18)24-22(20)25-29(26,27)17-7-3-2-4-8-17/h2-14H,1H3,(H3,23,24,25). The van der Waals surface area contributed by atoms with Crippen molar-refractivity contribution in [3.8, 4) is 16.9 Å². The normalized spacial score (nSPS) is 11.3.